The van der Waals surface area contributed by atoms with E-state index in [1.807, 2.05) is 13.8 Å². The van der Waals surface area contributed by atoms with Crippen molar-refractivity contribution >= 4 is 27.8 Å². The molecule has 5 heteroatoms. The van der Waals surface area contributed by atoms with E-state index in [1.54, 1.807) is 0 Å². The molecule has 1 fully saturated rings. The van der Waals surface area contributed by atoms with Crippen LogP contribution in [0.25, 0.3) is 0 Å². The lowest BCUT2D eigenvalue weighted by molar-refractivity contribution is 0.0993. The van der Waals surface area contributed by atoms with Gasteiger partial charge in [0.05, 0.1) is 15.6 Å². The maximum absolute atomic E-state index is 11.9. The first-order chi connectivity index (χ1) is 9.69. The van der Waals surface area contributed by atoms with Crippen molar-refractivity contribution < 1.29 is 9.53 Å². The molecule has 20 heavy (non-hydrogen) atoms. The van der Waals surface area contributed by atoms with Crippen LogP contribution in [0.1, 0.15) is 60.7 Å². The fourth-order valence-electron chi connectivity index (χ4n) is 2.25. The number of ketones is 1. The average molecular weight is 296 g/mol. The molecule has 0 amide bonds. The first kappa shape index (κ1) is 15.3. The lowest BCUT2D eigenvalue weighted by Crippen LogP contribution is -2.06. The van der Waals surface area contributed by atoms with E-state index in [-0.39, 0.29) is 5.78 Å². The van der Waals surface area contributed by atoms with Crippen LogP contribution in [0.3, 0.4) is 0 Å². The second-order valence-corrected chi connectivity index (χ2v) is 6.14. The Hall–Kier alpha value is -1.07. The van der Waals surface area contributed by atoms with Crippen LogP contribution < -0.4 is 11.1 Å². The maximum Gasteiger partial charge on any atom is 0.174 e. The molecule has 1 aliphatic rings. The molecule has 0 saturated heterocycles. The van der Waals surface area contributed by atoms with E-state index >= 15 is 0 Å². The molecular weight excluding hydrogens is 272 g/mol. The summed E-state index contributed by atoms with van der Waals surface area (Å²) in [5, 5.41) is 4.54. The van der Waals surface area contributed by atoms with Gasteiger partial charge in [-0.05, 0) is 32.1 Å². The van der Waals surface area contributed by atoms with Gasteiger partial charge in [0.1, 0.15) is 0 Å². The SMILES string of the molecule is CCOCCCNc1sc(C(=O)CC)c(N)c1C1CC1. The summed E-state index contributed by atoms with van der Waals surface area (Å²) in [6.07, 6.45) is 3.86. The Bertz CT molecular complexity index is 467. The van der Waals surface area contributed by atoms with Crippen molar-refractivity contribution in [1.82, 2.24) is 0 Å². The Kier molecular flexibility index (Phi) is 5.43. The lowest BCUT2D eigenvalue weighted by Gasteiger charge is -2.07. The van der Waals surface area contributed by atoms with E-state index in [0.29, 0.717) is 12.3 Å². The minimum absolute atomic E-state index is 0.150. The third-order valence-electron chi connectivity index (χ3n) is 3.50. The molecule has 112 valence electrons. The molecule has 4 nitrogen and oxygen atoms in total. The molecule has 1 heterocycles. The summed E-state index contributed by atoms with van der Waals surface area (Å²) >= 11 is 1.52. The van der Waals surface area contributed by atoms with E-state index in [4.69, 9.17) is 10.5 Å². The summed E-state index contributed by atoms with van der Waals surface area (Å²) < 4.78 is 5.33. The summed E-state index contributed by atoms with van der Waals surface area (Å²) in [6, 6.07) is 0. The molecule has 3 N–H and O–H groups in total. The number of carbonyl (C=O) groups excluding carboxylic acids is 1. The fraction of sp³-hybridized carbons (Fsp3) is 0.667. The Labute approximate surface area is 124 Å². The third kappa shape index (κ3) is 3.52. The summed E-state index contributed by atoms with van der Waals surface area (Å²) in [5.74, 6) is 0.704. The predicted molar refractivity (Wildman–Crippen MR) is 84.9 cm³/mol. The molecule has 2 rings (SSSR count). The number of thiophene rings is 1. The second-order valence-electron chi connectivity index (χ2n) is 5.12. The number of Topliss-reactive ketones (excluding diaryl/α,β-unsaturated/α-hetero) is 1. The first-order valence-electron chi connectivity index (χ1n) is 7.45. The smallest absolute Gasteiger partial charge is 0.174 e. The average Bonchev–Trinajstić information content (AvgIpc) is 3.22. The zero-order valence-electron chi connectivity index (χ0n) is 12.3. The van der Waals surface area contributed by atoms with Gasteiger partial charge in [0, 0.05) is 31.7 Å². The highest BCUT2D eigenvalue weighted by atomic mass is 32.1. The summed E-state index contributed by atoms with van der Waals surface area (Å²) in [6.45, 7) is 6.27. The Morgan fingerprint density at radius 3 is 2.80 bits per heavy atom. The van der Waals surface area contributed by atoms with Crippen LogP contribution in [-0.4, -0.2) is 25.5 Å². The zero-order chi connectivity index (χ0) is 14.5. The normalized spacial score (nSPS) is 14.5. The Morgan fingerprint density at radius 1 is 1.45 bits per heavy atom. The molecule has 1 aliphatic carbocycles. The summed E-state index contributed by atoms with van der Waals surface area (Å²) in [7, 11) is 0. The maximum atomic E-state index is 11.9. The third-order valence-corrected chi connectivity index (χ3v) is 4.72. The highest BCUT2D eigenvalue weighted by molar-refractivity contribution is 7.18. The van der Waals surface area contributed by atoms with Crippen LogP contribution in [0, 0.1) is 0 Å². The van der Waals surface area contributed by atoms with E-state index < -0.39 is 0 Å². The van der Waals surface area contributed by atoms with E-state index in [0.717, 1.165) is 41.7 Å². The minimum atomic E-state index is 0.150. The van der Waals surface area contributed by atoms with Crippen LogP contribution in [0.5, 0.6) is 0 Å². The van der Waals surface area contributed by atoms with Crippen molar-refractivity contribution in [3.05, 3.63) is 10.4 Å². The van der Waals surface area contributed by atoms with E-state index in [1.165, 1.54) is 29.7 Å². The van der Waals surface area contributed by atoms with Gasteiger partial charge in [-0.15, -0.1) is 11.3 Å². The van der Waals surface area contributed by atoms with Gasteiger partial charge in [-0.3, -0.25) is 4.79 Å². The van der Waals surface area contributed by atoms with Crippen molar-refractivity contribution in [3.63, 3.8) is 0 Å². The number of anilines is 2. The molecule has 0 radical (unpaired) electrons. The lowest BCUT2D eigenvalue weighted by atomic mass is 10.1. The molecule has 1 saturated carbocycles. The van der Waals surface area contributed by atoms with Crippen molar-refractivity contribution in [3.8, 4) is 0 Å². The molecule has 0 unspecified atom stereocenters. The van der Waals surface area contributed by atoms with Gasteiger partial charge in [-0.25, -0.2) is 0 Å². The molecule has 1 aromatic rings. The quantitative estimate of drug-likeness (QED) is 0.539. The van der Waals surface area contributed by atoms with Gasteiger partial charge in [0.2, 0.25) is 0 Å². The number of ether oxygens (including phenoxy) is 1. The van der Waals surface area contributed by atoms with Crippen LogP contribution >= 0.6 is 11.3 Å². The molecule has 0 bridgehead atoms. The molecule has 0 aliphatic heterocycles. The van der Waals surface area contributed by atoms with E-state index in [9.17, 15) is 4.79 Å². The van der Waals surface area contributed by atoms with Crippen LogP contribution in [0.15, 0.2) is 0 Å². The summed E-state index contributed by atoms with van der Waals surface area (Å²) in [4.78, 5) is 12.7. The highest BCUT2D eigenvalue weighted by Crippen LogP contribution is 2.50. The van der Waals surface area contributed by atoms with Crippen molar-refractivity contribution in [2.75, 3.05) is 30.8 Å². The number of nitrogens with one attached hydrogen (secondary N) is 1. The number of hydrogen-bond donors (Lipinski definition) is 2. The number of rotatable bonds is 9. The predicted octanol–water partition coefficient (Wildman–Crippen LogP) is 3.64. The molecule has 1 aromatic heterocycles. The van der Waals surface area contributed by atoms with Gasteiger partial charge in [0.25, 0.3) is 0 Å². The number of carbonyl (C=O) groups is 1. The number of nitrogens with two attached hydrogens (primary N) is 1. The Morgan fingerprint density at radius 2 is 2.20 bits per heavy atom. The summed E-state index contributed by atoms with van der Waals surface area (Å²) in [5.41, 5.74) is 8.10. The number of nitrogen functional groups attached to an aromatic ring is 1. The fourth-order valence-corrected chi connectivity index (χ4v) is 3.50. The standard InChI is InChI=1S/C15H24N2O2S/c1-3-11(18)14-13(16)12(10-6-7-10)15(20-14)17-8-5-9-19-4-2/h10,17H,3-9,16H2,1-2H3. The zero-order valence-corrected chi connectivity index (χ0v) is 13.1. The second kappa shape index (κ2) is 7.09. The van der Waals surface area contributed by atoms with Crippen molar-refractivity contribution in [1.29, 1.82) is 0 Å². The number of hydrogen-bond acceptors (Lipinski definition) is 5. The van der Waals surface area contributed by atoms with Gasteiger partial charge < -0.3 is 15.8 Å². The van der Waals surface area contributed by atoms with Crippen LogP contribution in [0.4, 0.5) is 10.7 Å². The topological polar surface area (TPSA) is 64.3 Å². The van der Waals surface area contributed by atoms with Crippen LogP contribution in [-0.2, 0) is 4.74 Å². The minimum Gasteiger partial charge on any atom is -0.397 e. The van der Waals surface area contributed by atoms with Crippen molar-refractivity contribution in [2.24, 2.45) is 0 Å². The molecule has 0 atom stereocenters. The van der Waals surface area contributed by atoms with Gasteiger partial charge in [-0.1, -0.05) is 6.92 Å². The highest BCUT2D eigenvalue weighted by Gasteiger charge is 2.32. The van der Waals surface area contributed by atoms with Gasteiger partial charge >= 0.3 is 0 Å². The van der Waals surface area contributed by atoms with Crippen molar-refractivity contribution in [2.45, 2.75) is 45.4 Å². The van der Waals surface area contributed by atoms with E-state index in [2.05, 4.69) is 5.32 Å². The van der Waals surface area contributed by atoms with Gasteiger partial charge in [-0.2, -0.15) is 0 Å². The van der Waals surface area contributed by atoms with Gasteiger partial charge in [0.15, 0.2) is 5.78 Å². The monoisotopic (exact) mass is 296 g/mol. The Balaban J connectivity index is 2.04. The molecule has 0 spiro atoms. The largest absolute Gasteiger partial charge is 0.397 e. The molecular formula is C15H24N2O2S. The first-order valence-corrected chi connectivity index (χ1v) is 8.27. The van der Waals surface area contributed by atoms with Crippen LogP contribution in [0.2, 0.25) is 0 Å². The molecule has 0 aromatic carbocycles.